The van der Waals surface area contributed by atoms with Crippen molar-refractivity contribution in [3.8, 4) is 0 Å². The first-order valence-corrected chi connectivity index (χ1v) is 8.21. The van der Waals surface area contributed by atoms with Crippen LogP contribution < -0.4 is 16.2 Å². The highest BCUT2D eigenvalue weighted by molar-refractivity contribution is 5.89. The van der Waals surface area contributed by atoms with Gasteiger partial charge in [-0.2, -0.15) is 18.2 Å². The number of hydrogen-bond donors (Lipinski definition) is 2. The molecule has 2 N–H and O–H groups in total. The summed E-state index contributed by atoms with van der Waals surface area (Å²) < 4.78 is 39.0. The van der Waals surface area contributed by atoms with Gasteiger partial charge in [-0.25, -0.2) is 4.98 Å². The lowest BCUT2D eigenvalue weighted by Crippen LogP contribution is -2.28. The van der Waals surface area contributed by atoms with E-state index in [9.17, 15) is 22.8 Å². The summed E-state index contributed by atoms with van der Waals surface area (Å²) in [5, 5.41) is 5.89. The summed E-state index contributed by atoms with van der Waals surface area (Å²) in [5.41, 5.74) is 1.07. The normalized spacial score (nSPS) is 11.5. The van der Waals surface area contributed by atoms with Gasteiger partial charge in [0.15, 0.2) is 0 Å². The maximum absolute atomic E-state index is 12.8. The molecule has 0 aliphatic carbocycles. The highest BCUT2D eigenvalue weighted by atomic mass is 19.4. The van der Waals surface area contributed by atoms with E-state index in [0.29, 0.717) is 21.3 Å². The molecule has 3 aromatic rings. The maximum Gasteiger partial charge on any atom is 0.406 e. The molecular weight excluding hydrogens is 375 g/mol. The zero-order chi connectivity index (χ0) is 20.5. The van der Waals surface area contributed by atoms with Gasteiger partial charge in [0.05, 0.1) is 0 Å². The molecule has 0 unspecified atom stereocenters. The van der Waals surface area contributed by atoms with Crippen LogP contribution in [0, 0.1) is 6.92 Å². The number of carbonyl (C=O) groups is 1. The van der Waals surface area contributed by atoms with E-state index in [1.165, 1.54) is 19.2 Å². The zero-order valence-corrected chi connectivity index (χ0v) is 15.0. The van der Waals surface area contributed by atoms with Crippen molar-refractivity contribution in [1.29, 1.82) is 0 Å². The summed E-state index contributed by atoms with van der Waals surface area (Å²) >= 11 is 0. The van der Waals surface area contributed by atoms with E-state index in [2.05, 4.69) is 20.6 Å². The van der Waals surface area contributed by atoms with Gasteiger partial charge >= 0.3 is 6.18 Å². The lowest BCUT2D eigenvalue weighted by Gasteiger charge is -2.13. The Morgan fingerprint density at radius 2 is 1.96 bits per heavy atom. The zero-order valence-electron chi connectivity index (χ0n) is 15.0. The molecule has 146 valence electrons. The van der Waals surface area contributed by atoms with Crippen LogP contribution in [0.5, 0.6) is 0 Å². The summed E-state index contributed by atoms with van der Waals surface area (Å²) in [6.45, 7) is 1.75. The molecule has 0 atom stereocenters. The van der Waals surface area contributed by atoms with Crippen LogP contribution in [-0.2, 0) is 11.3 Å². The number of pyridine rings is 1. The molecule has 1 aromatic carbocycles. The standard InChI is InChI=1S/C18H16F3N5O2/c1-10-7-13(4-5-14(10)23-11(2)27)24-17-22-8-12-3-6-15(28)26(16(12)25-17)9-18(19,20)21/h3-8H,9H2,1-2H3,(H,23,27)(H,22,24,25). The minimum atomic E-state index is -4.56. The first kappa shape index (κ1) is 19.3. The van der Waals surface area contributed by atoms with Crippen LogP contribution in [-0.4, -0.2) is 26.6 Å². The third kappa shape index (κ3) is 4.45. The summed E-state index contributed by atoms with van der Waals surface area (Å²) in [6.07, 6.45) is -3.22. The highest BCUT2D eigenvalue weighted by Gasteiger charge is 2.29. The third-order valence-electron chi connectivity index (χ3n) is 3.85. The molecule has 1 amide bonds. The topological polar surface area (TPSA) is 88.9 Å². The molecule has 0 radical (unpaired) electrons. The van der Waals surface area contributed by atoms with E-state index in [4.69, 9.17) is 0 Å². The number of halogens is 3. The summed E-state index contributed by atoms with van der Waals surface area (Å²) in [4.78, 5) is 31.2. The van der Waals surface area contributed by atoms with Gasteiger partial charge in [0.2, 0.25) is 11.9 Å². The van der Waals surface area contributed by atoms with Crippen molar-refractivity contribution in [2.24, 2.45) is 0 Å². The molecule has 2 aromatic heterocycles. The molecule has 0 spiro atoms. The minimum Gasteiger partial charge on any atom is -0.326 e. The number of hydrogen-bond acceptors (Lipinski definition) is 5. The van der Waals surface area contributed by atoms with Crippen LogP contribution in [0.4, 0.5) is 30.5 Å². The number of aromatic nitrogens is 3. The van der Waals surface area contributed by atoms with E-state index in [0.717, 1.165) is 11.6 Å². The van der Waals surface area contributed by atoms with E-state index >= 15 is 0 Å². The van der Waals surface area contributed by atoms with Crippen molar-refractivity contribution < 1.29 is 18.0 Å². The van der Waals surface area contributed by atoms with Gasteiger partial charge in [0.1, 0.15) is 12.2 Å². The fourth-order valence-corrected chi connectivity index (χ4v) is 2.66. The van der Waals surface area contributed by atoms with Crippen LogP contribution in [0.15, 0.2) is 41.3 Å². The molecule has 10 heteroatoms. The predicted octanol–water partition coefficient (Wildman–Crippen LogP) is 3.36. The second-order valence-corrected chi connectivity index (χ2v) is 6.18. The second kappa shape index (κ2) is 7.29. The number of fused-ring (bicyclic) bond motifs is 1. The second-order valence-electron chi connectivity index (χ2n) is 6.18. The van der Waals surface area contributed by atoms with E-state index in [1.54, 1.807) is 25.1 Å². The van der Waals surface area contributed by atoms with Gasteiger partial charge < -0.3 is 10.6 Å². The molecule has 0 aliphatic rings. The Balaban J connectivity index is 1.96. The first-order valence-electron chi connectivity index (χ1n) is 8.21. The Labute approximate surface area is 157 Å². The number of aryl methyl sites for hydroxylation is 1. The van der Waals surface area contributed by atoms with Crippen molar-refractivity contribution in [1.82, 2.24) is 14.5 Å². The van der Waals surface area contributed by atoms with E-state index < -0.39 is 18.3 Å². The molecule has 2 heterocycles. The predicted molar refractivity (Wildman–Crippen MR) is 98.6 cm³/mol. The fraction of sp³-hybridized carbons (Fsp3) is 0.222. The number of benzene rings is 1. The van der Waals surface area contributed by atoms with Gasteiger partial charge in [0, 0.05) is 35.9 Å². The fourth-order valence-electron chi connectivity index (χ4n) is 2.66. The molecule has 28 heavy (non-hydrogen) atoms. The maximum atomic E-state index is 12.8. The molecule has 0 bridgehead atoms. The Hall–Kier alpha value is -3.43. The van der Waals surface area contributed by atoms with Crippen molar-refractivity contribution in [2.75, 3.05) is 10.6 Å². The lowest BCUT2D eigenvalue weighted by molar-refractivity contribution is -0.140. The Morgan fingerprint density at radius 1 is 1.21 bits per heavy atom. The molecule has 0 saturated heterocycles. The van der Waals surface area contributed by atoms with Crippen molar-refractivity contribution in [3.05, 3.63) is 52.4 Å². The lowest BCUT2D eigenvalue weighted by atomic mass is 10.1. The van der Waals surface area contributed by atoms with Gasteiger partial charge in [-0.3, -0.25) is 14.2 Å². The Kier molecular flexibility index (Phi) is 5.04. The van der Waals surface area contributed by atoms with Crippen LogP contribution in [0.25, 0.3) is 11.0 Å². The van der Waals surface area contributed by atoms with Crippen molar-refractivity contribution >= 4 is 34.3 Å². The summed E-state index contributed by atoms with van der Waals surface area (Å²) in [5.74, 6) is -0.162. The monoisotopic (exact) mass is 391 g/mol. The SMILES string of the molecule is CC(=O)Nc1ccc(Nc2ncc3ccc(=O)n(CC(F)(F)F)c3n2)cc1C. The largest absolute Gasteiger partial charge is 0.406 e. The van der Waals surface area contributed by atoms with Crippen LogP contribution in [0.1, 0.15) is 12.5 Å². The molecule has 0 aliphatic heterocycles. The number of nitrogens with zero attached hydrogens (tertiary/aromatic N) is 3. The number of nitrogens with one attached hydrogen (secondary N) is 2. The minimum absolute atomic E-state index is 0.0423. The van der Waals surface area contributed by atoms with Gasteiger partial charge in [-0.1, -0.05) is 0 Å². The summed E-state index contributed by atoms with van der Waals surface area (Å²) in [6, 6.07) is 7.50. The van der Waals surface area contributed by atoms with Crippen molar-refractivity contribution in [2.45, 2.75) is 26.6 Å². The smallest absolute Gasteiger partial charge is 0.326 e. The van der Waals surface area contributed by atoms with E-state index in [1.807, 2.05) is 0 Å². The Morgan fingerprint density at radius 3 is 2.61 bits per heavy atom. The number of amides is 1. The van der Waals surface area contributed by atoms with Crippen LogP contribution in [0.3, 0.4) is 0 Å². The molecular formula is C18H16F3N5O2. The van der Waals surface area contributed by atoms with Crippen molar-refractivity contribution in [3.63, 3.8) is 0 Å². The summed E-state index contributed by atoms with van der Waals surface area (Å²) in [7, 11) is 0. The molecule has 7 nitrogen and oxygen atoms in total. The molecule has 0 fully saturated rings. The number of anilines is 3. The first-order chi connectivity index (χ1) is 13.1. The Bertz CT molecular complexity index is 1110. The average Bonchev–Trinajstić information content (AvgIpc) is 2.59. The van der Waals surface area contributed by atoms with E-state index in [-0.39, 0.29) is 17.5 Å². The molecule has 0 saturated carbocycles. The highest BCUT2D eigenvalue weighted by Crippen LogP contribution is 2.23. The third-order valence-corrected chi connectivity index (χ3v) is 3.85. The number of rotatable bonds is 4. The van der Waals surface area contributed by atoms with Gasteiger partial charge in [-0.15, -0.1) is 0 Å². The van der Waals surface area contributed by atoms with Crippen LogP contribution in [0.2, 0.25) is 0 Å². The van der Waals surface area contributed by atoms with Crippen LogP contribution >= 0.6 is 0 Å². The average molecular weight is 391 g/mol. The van der Waals surface area contributed by atoms with Gasteiger partial charge in [-0.05, 0) is 36.8 Å². The number of carbonyl (C=O) groups excluding carboxylic acids is 1. The van der Waals surface area contributed by atoms with Gasteiger partial charge in [0.25, 0.3) is 5.56 Å². The quantitative estimate of drug-likeness (QED) is 0.712. The molecule has 3 rings (SSSR count). The number of alkyl halides is 3.